The molecule has 1 fully saturated rings. The van der Waals surface area contributed by atoms with Gasteiger partial charge in [0.1, 0.15) is 11.9 Å². The van der Waals surface area contributed by atoms with Crippen molar-refractivity contribution >= 4 is 17.9 Å². The summed E-state index contributed by atoms with van der Waals surface area (Å²) in [6.07, 6.45) is -0.952. The molecule has 0 spiro atoms. The molecule has 1 saturated heterocycles. The smallest absolute Gasteiger partial charge is 0.439 e. The van der Waals surface area contributed by atoms with E-state index in [4.69, 9.17) is 4.74 Å². The van der Waals surface area contributed by atoms with E-state index >= 15 is 0 Å². The van der Waals surface area contributed by atoms with Crippen LogP contribution in [0.5, 0.6) is 0 Å². The largest absolute Gasteiger partial charge is 0.446 e. The van der Waals surface area contributed by atoms with Gasteiger partial charge in [0.15, 0.2) is 0 Å². The highest BCUT2D eigenvalue weighted by atomic mass is 32.2. The zero-order valence-corrected chi connectivity index (χ0v) is 13.5. The lowest BCUT2D eigenvalue weighted by Gasteiger charge is -2.18. The second kappa shape index (κ2) is 6.95. The molecule has 1 N–H and O–H groups in total. The van der Waals surface area contributed by atoms with Crippen LogP contribution in [0.3, 0.4) is 0 Å². The number of amides is 1. The van der Waals surface area contributed by atoms with Crippen molar-refractivity contribution in [2.45, 2.75) is 29.0 Å². The molecule has 0 radical (unpaired) electrons. The normalized spacial score (nSPS) is 20.2. The van der Waals surface area contributed by atoms with Crippen LogP contribution >= 0.6 is 11.8 Å². The molecule has 1 aliphatic heterocycles. The molecule has 0 aromatic heterocycles. The van der Waals surface area contributed by atoms with E-state index in [-0.39, 0.29) is 16.7 Å². The monoisotopic (exact) mass is 371 g/mol. The standard InChI is InChI=1S/C17H13F4NO2S/c18-12-6-4-11(5-7-12)15-14(22-16(23)24-15)9-10-2-1-3-13(8-10)25-17(19,20)21/h1-8,14-15H,9H2,(H,22,23). The SMILES string of the molecule is O=C1NC(Cc2cccc(SC(F)(F)F)c2)C(c2ccc(F)cc2)O1. The topological polar surface area (TPSA) is 38.3 Å². The third-order valence-corrected chi connectivity index (χ3v) is 4.41. The van der Waals surface area contributed by atoms with Gasteiger partial charge in [-0.05, 0) is 53.6 Å². The van der Waals surface area contributed by atoms with Crippen LogP contribution in [0.25, 0.3) is 0 Å². The molecule has 0 saturated carbocycles. The summed E-state index contributed by atoms with van der Waals surface area (Å²) in [4.78, 5) is 11.7. The van der Waals surface area contributed by atoms with Crippen LogP contribution in [-0.2, 0) is 11.2 Å². The van der Waals surface area contributed by atoms with Gasteiger partial charge in [-0.2, -0.15) is 13.2 Å². The molecule has 3 nitrogen and oxygen atoms in total. The van der Waals surface area contributed by atoms with Crippen LogP contribution in [0.4, 0.5) is 22.4 Å². The molecule has 1 amide bonds. The third-order valence-electron chi connectivity index (χ3n) is 3.69. The summed E-state index contributed by atoms with van der Waals surface area (Å²) in [5, 5.41) is 2.65. The Balaban J connectivity index is 1.77. The van der Waals surface area contributed by atoms with Crippen molar-refractivity contribution in [2.24, 2.45) is 0 Å². The number of hydrogen-bond acceptors (Lipinski definition) is 3. The van der Waals surface area contributed by atoms with Crippen molar-refractivity contribution in [1.82, 2.24) is 5.32 Å². The zero-order chi connectivity index (χ0) is 18.0. The van der Waals surface area contributed by atoms with E-state index in [1.54, 1.807) is 6.07 Å². The summed E-state index contributed by atoms with van der Waals surface area (Å²) in [6, 6.07) is 11.1. The Morgan fingerprint density at radius 3 is 2.52 bits per heavy atom. The molecule has 8 heteroatoms. The first-order valence-electron chi connectivity index (χ1n) is 7.37. The first kappa shape index (κ1) is 17.6. The minimum absolute atomic E-state index is 0.0774. The first-order chi connectivity index (χ1) is 11.8. The average molecular weight is 371 g/mol. The van der Waals surface area contributed by atoms with Gasteiger partial charge in [0.05, 0.1) is 6.04 Å². The fraction of sp³-hybridized carbons (Fsp3) is 0.235. The maximum absolute atomic E-state index is 13.1. The summed E-state index contributed by atoms with van der Waals surface area (Å²) in [5.74, 6) is -0.408. The molecule has 2 atom stereocenters. The Kier molecular flexibility index (Phi) is 4.89. The molecule has 1 aliphatic rings. The maximum atomic E-state index is 13.1. The minimum atomic E-state index is -4.36. The van der Waals surface area contributed by atoms with Crippen LogP contribution in [-0.4, -0.2) is 17.6 Å². The average Bonchev–Trinajstić information content (AvgIpc) is 2.87. The first-order valence-corrected chi connectivity index (χ1v) is 8.19. The Hall–Kier alpha value is -2.22. The van der Waals surface area contributed by atoms with Crippen LogP contribution in [0, 0.1) is 5.82 Å². The number of rotatable bonds is 4. The van der Waals surface area contributed by atoms with Gasteiger partial charge < -0.3 is 10.1 Å². The lowest BCUT2D eigenvalue weighted by Crippen LogP contribution is -2.30. The number of carbonyl (C=O) groups is 1. The number of thioether (sulfide) groups is 1. The molecule has 0 bridgehead atoms. The number of nitrogens with one attached hydrogen (secondary N) is 1. The highest BCUT2D eigenvalue weighted by molar-refractivity contribution is 8.00. The predicted octanol–water partition coefficient (Wildman–Crippen LogP) is 4.83. The van der Waals surface area contributed by atoms with Gasteiger partial charge in [-0.1, -0.05) is 24.3 Å². The predicted molar refractivity (Wildman–Crippen MR) is 84.6 cm³/mol. The number of carbonyl (C=O) groups excluding carboxylic acids is 1. The molecule has 25 heavy (non-hydrogen) atoms. The summed E-state index contributed by atoms with van der Waals surface area (Å²) in [5.41, 5.74) is -3.11. The Bertz CT molecular complexity index is 764. The molecule has 2 aromatic carbocycles. The quantitative estimate of drug-likeness (QED) is 0.618. The van der Waals surface area contributed by atoms with Gasteiger partial charge in [-0.25, -0.2) is 9.18 Å². The number of hydrogen-bond donors (Lipinski definition) is 1. The van der Waals surface area contributed by atoms with Crippen molar-refractivity contribution in [3.63, 3.8) is 0 Å². The van der Waals surface area contributed by atoms with Crippen molar-refractivity contribution in [3.8, 4) is 0 Å². The fourth-order valence-corrected chi connectivity index (χ4v) is 3.32. The second-order valence-corrected chi connectivity index (χ2v) is 6.67. The highest BCUT2D eigenvalue weighted by Gasteiger charge is 2.35. The molecule has 2 unspecified atom stereocenters. The van der Waals surface area contributed by atoms with Crippen LogP contribution < -0.4 is 5.32 Å². The Labute approximate surface area is 145 Å². The van der Waals surface area contributed by atoms with Crippen molar-refractivity contribution in [3.05, 3.63) is 65.5 Å². The molecule has 132 valence electrons. The van der Waals surface area contributed by atoms with Crippen molar-refractivity contribution < 1.29 is 27.1 Å². The number of cyclic esters (lactones) is 1. The number of alkyl carbamates (subject to hydrolysis) is 1. The number of benzene rings is 2. The number of ether oxygens (including phenoxy) is 1. The fourth-order valence-electron chi connectivity index (χ4n) is 2.69. The summed E-state index contributed by atoms with van der Waals surface area (Å²) in [7, 11) is 0. The lowest BCUT2D eigenvalue weighted by molar-refractivity contribution is -0.0328. The van der Waals surface area contributed by atoms with Crippen LogP contribution in [0.2, 0.25) is 0 Å². The van der Waals surface area contributed by atoms with Crippen LogP contribution in [0.1, 0.15) is 17.2 Å². The maximum Gasteiger partial charge on any atom is 0.446 e. The zero-order valence-electron chi connectivity index (χ0n) is 12.7. The molecule has 1 heterocycles. The van der Waals surface area contributed by atoms with Gasteiger partial charge in [0.2, 0.25) is 0 Å². The third kappa shape index (κ3) is 4.66. The molecule has 3 rings (SSSR count). The van der Waals surface area contributed by atoms with E-state index in [0.29, 0.717) is 17.5 Å². The summed E-state index contributed by atoms with van der Waals surface area (Å²) in [6.45, 7) is 0. The summed E-state index contributed by atoms with van der Waals surface area (Å²) < 4.78 is 55.8. The summed E-state index contributed by atoms with van der Waals surface area (Å²) >= 11 is -0.188. The Morgan fingerprint density at radius 1 is 1.12 bits per heavy atom. The van der Waals surface area contributed by atoms with E-state index < -0.39 is 29.6 Å². The Morgan fingerprint density at radius 2 is 1.84 bits per heavy atom. The molecular weight excluding hydrogens is 358 g/mol. The van der Waals surface area contributed by atoms with Gasteiger partial charge in [-0.3, -0.25) is 0 Å². The molecule has 2 aromatic rings. The molecule has 0 aliphatic carbocycles. The van der Waals surface area contributed by atoms with E-state index in [9.17, 15) is 22.4 Å². The second-order valence-electron chi connectivity index (χ2n) is 5.53. The lowest BCUT2D eigenvalue weighted by atomic mass is 9.97. The van der Waals surface area contributed by atoms with Crippen molar-refractivity contribution in [2.75, 3.05) is 0 Å². The van der Waals surface area contributed by atoms with Gasteiger partial charge in [0.25, 0.3) is 0 Å². The van der Waals surface area contributed by atoms with Gasteiger partial charge in [0, 0.05) is 4.90 Å². The highest BCUT2D eigenvalue weighted by Crippen LogP contribution is 2.37. The van der Waals surface area contributed by atoms with Crippen molar-refractivity contribution in [1.29, 1.82) is 0 Å². The van der Waals surface area contributed by atoms with E-state index in [0.717, 1.165) is 0 Å². The van der Waals surface area contributed by atoms with Crippen LogP contribution in [0.15, 0.2) is 53.4 Å². The van der Waals surface area contributed by atoms with E-state index in [1.807, 2.05) is 0 Å². The van der Waals surface area contributed by atoms with Gasteiger partial charge >= 0.3 is 11.6 Å². The molecular formula is C17H13F4NO2S. The minimum Gasteiger partial charge on any atom is -0.439 e. The van der Waals surface area contributed by atoms with E-state index in [1.165, 1.54) is 42.5 Å². The number of alkyl halides is 3. The van der Waals surface area contributed by atoms with Gasteiger partial charge in [-0.15, -0.1) is 0 Å². The number of halogens is 4. The van der Waals surface area contributed by atoms with E-state index in [2.05, 4.69) is 5.32 Å².